The predicted octanol–water partition coefficient (Wildman–Crippen LogP) is 2.91. The van der Waals surface area contributed by atoms with Crippen LogP contribution in [0.3, 0.4) is 0 Å². The van der Waals surface area contributed by atoms with E-state index >= 15 is 0 Å². The van der Waals surface area contributed by atoms with E-state index in [0.29, 0.717) is 0 Å². The minimum atomic E-state index is 0.180. The molecule has 0 saturated carbocycles. The Balaban J connectivity index is 2.05. The third kappa shape index (κ3) is 3.11. The third-order valence-electron chi connectivity index (χ3n) is 2.68. The van der Waals surface area contributed by atoms with Crippen molar-refractivity contribution in [3.05, 3.63) is 33.8 Å². The van der Waals surface area contributed by atoms with Crippen LogP contribution in [-0.4, -0.2) is 25.3 Å². The van der Waals surface area contributed by atoms with Gasteiger partial charge >= 0.3 is 0 Å². The molecule has 1 aromatic rings. The molecule has 0 radical (unpaired) electrons. The van der Waals surface area contributed by atoms with E-state index in [9.17, 15) is 0 Å². The standard InChI is InChI=1S/C12H15Cl2NO/c1-8-6-15-7-11(16-8)5-9-4-10(13)2-3-12(9)14/h2-4,8,11,15H,5-7H2,1H3. The van der Waals surface area contributed by atoms with Gasteiger partial charge in [-0.2, -0.15) is 0 Å². The average molecular weight is 260 g/mol. The molecule has 1 N–H and O–H groups in total. The van der Waals surface area contributed by atoms with Gasteiger partial charge in [0.15, 0.2) is 0 Å². The summed E-state index contributed by atoms with van der Waals surface area (Å²) >= 11 is 12.1. The number of hydrogen-bond donors (Lipinski definition) is 1. The van der Waals surface area contributed by atoms with Crippen LogP contribution in [0.25, 0.3) is 0 Å². The fourth-order valence-corrected chi connectivity index (χ4v) is 2.33. The molecule has 1 aliphatic heterocycles. The maximum absolute atomic E-state index is 6.12. The van der Waals surface area contributed by atoms with Gasteiger partial charge in [-0.25, -0.2) is 0 Å². The summed E-state index contributed by atoms with van der Waals surface area (Å²) in [6, 6.07) is 5.54. The minimum absolute atomic E-state index is 0.180. The van der Waals surface area contributed by atoms with Crippen LogP contribution in [0.5, 0.6) is 0 Å². The lowest BCUT2D eigenvalue weighted by molar-refractivity contribution is -0.0262. The normalized spacial score (nSPS) is 25.7. The average Bonchev–Trinajstić information content (AvgIpc) is 2.24. The quantitative estimate of drug-likeness (QED) is 0.882. The SMILES string of the molecule is CC1CNCC(Cc2cc(Cl)ccc2Cl)O1. The van der Waals surface area contributed by atoms with Gasteiger partial charge < -0.3 is 10.1 Å². The summed E-state index contributed by atoms with van der Waals surface area (Å²) in [5.41, 5.74) is 1.05. The Kier molecular flexibility index (Phi) is 4.09. The maximum Gasteiger partial charge on any atom is 0.0744 e. The molecule has 0 spiro atoms. The van der Waals surface area contributed by atoms with E-state index in [1.54, 1.807) is 6.07 Å². The third-order valence-corrected chi connectivity index (χ3v) is 3.29. The Bertz CT molecular complexity index is 370. The van der Waals surface area contributed by atoms with Crippen LogP contribution in [0.4, 0.5) is 0 Å². The molecule has 16 heavy (non-hydrogen) atoms. The number of morpholine rings is 1. The highest BCUT2D eigenvalue weighted by atomic mass is 35.5. The van der Waals surface area contributed by atoms with Gasteiger partial charge in [0.2, 0.25) is 0 Å². The monoisotopic (exact) mass is 259 g/mol. The Morgan fingerprint density at radius 3 is 2.94 bits per heavy atom. The second kappa shape index (κ2) is 5.37. The fraction of sp³-hybridized carbons (Fsp3) is 0.500. The summed E-state index contributed by atoms with van der Waals surface area (Å²) in [7, 11) is 0. The molecule has 1 heterocycles. The van der Waals surface area contributed by atoms with E-state index < -0.39 is 0 Å². The first kappa shape index (κ1) is 12.2. The zero-order valence-electron chi connectivity index (χ0n) is 9.17. The van der Waals surface area contributed by atoms with Crippen LogP contribution in [0.15, 0.2) is 18.2 Å². The van der Waals surface area contributed by atoms with Gasteiger partial charge in [-0.3, -0.25) is 0 Å². The molecule has 0 amide bonds. The van der Waals surface area contributed by atoms with Crippen LogP contribution >= 0.6 is 23.2 Å². The second-order valence-electron chi connectivity index (χ2n) is 4.17. The van der Waals surface area contributed by atoms with Gasteiger partial charge in [0.05, 0.1) is 12.2 Å². The van der Waals surface area contributed by atoms with Crippen molar-refractivity contribution in [3.8, 4) is 0 Å². The van der Waals surface area contributed by atoms with Crippen molar-refractivity contribution in [1.29, 1.82) is 0 Å². The van der Waals surface area contributed by atoms with E-state index in [2.05, 4.69) is 12.2 Å². The minimum Gasteiger partial charge on any atom is -0.372 e. The number of hydrogen-bond acceptors (Lipinski definition) is 2. The first-order valence-electron chi connectivity index (χ1n) is 5.45. The van der Waals surface area contributed by atoms with Gasteiger partial charge in [0.25, 0.3) is 0 Å². The van der Waals surface area contributed by atoms with Crippen molar-refractivity contribution in [2.24, 2.45) is 0 Å². The first-order chi connectivity index (χ1) is 7.65. The van der Waals surface area contributed by atoms with Gasteiger partial charge in [0.1, 0.15) is 0 Å². The fourth-order valence-electron chi connectivity index (χ4n) is 1.94. The van der Waals surface area contributed by atoms with Crippen molar-refractivity contribution in [2.45, 2.75) is 25.6 Å². The number of nitrogens with one attached hydrogen (secondary N) is 1. The van der Waals surface area contributed by atoms with Crippen LogP contribution < -0.4 is 5.32 Å². The topological polar surface area (TPSA) is 21.3 Å². The molecular weight excluding hydrogens is 245 g/mol. The molecule has 0 aromatic heterocycles. The molecule has 1 saturated heterocycles. The van der Waals surface area contributed by atoms with Gasteiger partial charge in [-0.15, -0.1) is 0 Å². The van der Waals surface area contributed by atoms with Crippen LogP contribution in [0.1, 0.15) is 12.5 Å². The Labute approximate surface area is 106 Å². The van der Waals surface area contributed by atoms with Crippen LogP contribution in [-0.2, 0) is 11.2 Å². The first-order valence-corrected chi connectivity index (χ1v) is 6.21. The Morgan fingerprint density at radius 1 is 1.38 bits per heavy atom. The lowest BCUT2D eigenvalue weighted by atomic mass is 10.1. The largest absolute Gasteiger partial charge is 0.372 e. The molecule has 1 aromatic carbocycles. The van der Waals surface area contributed by atoms with Gasteiger partial charge in [0, 0.05) is 29.6 Å². The molecule has 0 bridgehead atoms. The van der Waals surface area contributed by atoms with Crippen molar-refractivity contribution in [1.82, 2.24) is 5.32 Å². The van der Waals surface area contributed by atoms with E-state index in [1.165, 1.54) is 0 Å². The lowest BCUT2D eigenvalue weighted by Crippen LogP contribution is -2.44. The molecule has 2 nitrogen and oxygen atoms in total. The molecule has 1 fully saturated rings. The molecule has 0 aliphatic carbocycles. The highest BCUT2D eigenvalue weighted by Crippen LogP contribution is 2.23. The Hall–Kier alpha value is -0.280. The van der Waals surface area contributed by atoms with Crippen molar-refractivity contribution >= 4 is 23.2 Å². The summed E-state index contributed by atoms with van der Waals surface area (Å²) in [5, 5.41) is 4.81. The van der Waals surface area contributed by atoms with Crippen LogP contribution in [0.2, 0.25) is 10.0 Å². The van der Waals surface area contributed by atoms with E-state index in [4.69, 9.17) is 27.9 Å². The molecule has 88 valence electrons. The molecule has 4 heteroatoms. The van der Waals surface area contributed by atoms with Crippen molar-refractivity contribution in [3.63, 3.8) is 0 Å². The number of benzene rings is 1. The van der Waals surface area contributed by atoms with Crippen LogP contribution in [0, 0.1) is 0 Å². The molecule has 2 rings (SSSR count). The summed E-state index contributed by atoms with van der Waals surface area (Å²) in [6.07, 6.45) is 1.24. The smallest absolute Gasteiger partial charge is 0.0744 e. The maximum atomic E-state index is 6.12. The van der Waals surface area contributed by atoms with Crippen molar-refractivity contribution in [2.75, 3.05) is 13.1 Å². The number of rotatable bonds is 2. The summed E-state index contributed by atoms with van der Waals surface area (Å²) in [4.78, 5) is 0. The van der Waals surface area contributed by atoms with E-state index in [0.717, 1.165) is 35.1 Å². The van der Waals surface area contributed by atoms with E-state index in [1.807, 2.05) is 12.1 Å². The highest BCUT2D eigenvalue weighted by molar-refractivity contribution is 6.33. The zero-order chi connectivity index (χ0) is 11.5. The Morgan fingerprint density at radius 2 is 2.19 bits per heavy atom. The van der Waals surface area contributed by atoms with E-state index in [-0.39, 0.29) is 12.2 Å². The number of ether oxygens (including phenoxy) is 1. The van der Waals surface area contributed by atoms with Gasteiger partial charge in [-0.1, -0.05) is 23.2 Å². The predicted molar refractivity (Wildman–Crippen MR) is 67.4 cm³/mol. The molecule has 2 unspecified atom stereocenters. The molecular formula is C12H15Cl2NO. The van der Waals surface area contributed by atoms with Gasteiger partial charge in [-0.05, 0) is 30.7 Å². The number of halogens is 2. The van der Waals surface area contributed by atoms with Crippen molar-refractivity contribution < 1.29 is 4.74 Å². The highest BCUT2D eigenvalue weighted by Gasteiger charge is 2.19. The summed E-state index contributed by atoms with van der Waals surface area (Å²) in [5.74, 6) is 0. The summed E-state index contributed by atoms with van der Waals surface area (Å²) in [6.45, 7) is 3.85. The zero-order valence-corrected chi connectivity index (χ0v) is 10.7. The summed E-state index contributed by atoms with van der Waals surface area (Å²) < 4.78 is 5.82. The lowest BCUT2D eigenvalue weighted by Gasteiger charge is -2.29. The second-order valence-corrected chi connectivity index (χ2v) is 5.01. The molecule has 2 atom stereocenters. The molecule has 1 aliphatic rings.